The minimum absolute atomic E-state index is 0.0691. The molecule has 4 aromatic rings. The Kier molecular flexibility index (Phi) is 5.06. The van der Waals surface area contributed by atoms with E-state index in [1.54, 1.807) is 7.11 Å². The van der Waals surface area contributed by atoms with E-state index in [0.29, 0.717) is 24.4 Å². The molecule has 0 aliphatic rings. The molecule has 0 saturated heterocycles. The van der Waals surface area contributed by atoms with E-state index < -0.39 is 0 Å². The predicted octanol–water partition coefficient (Wildman–Crippen LogP) is 4.36. The van der Waals surface area contributed by atoms with Crippen LogP contribution >= 0.6 is 0 Å². The molecule has 28 heavy (non-hydrogen) atoms. The fourth-order valence-corrected chi connectivity index (χ4v) is 3.05. The standard InChI is InChI=1S/C23H20N2O3/c1-27-21-10-6-16(7-11-21)12-23(26)24-15-20-14-22(28-25-20)19-9-8-17-4-2-3-5-18(17)13-19/h2-11,13-14H,12,15H2,1H3,(H,24,26). The van der Waals surface area contributed by atoms with E-state index in [4.69, 9.17) is 9.26 Å². The van der Waals surface area contributed by atoms with E-state index in [1.165, 1.54) is 5.39 Å². The Bertz CT molecular complexity index is 1100. The van der Waals surface area contributed by atoms with Crippen LogP contribution in [0.25, 0.3) is 22.1 Å². The number of hydrogen-bond acceptors (Lipinski definition) is 4. The number of fused-ring (bicyclic) bond motifs is 1. The van der Waals surface area contributed by atoms with Crippen LogP contribution < -0.4 is 10.1 Å². The van der Waals surface area contributed by atoms with Crippen molar-refractivity contribution >= 4 is 16.7 Å². The normalized spacial score (nSPS) is 10.8. The number of ether oxygens (including phenoxy) is 1. The maximum absolute atomic E-state index is 12.2. The number of carbonyl (C=O) groups is 1. The highest BCUT2D eigenvalue weighted by molar-refractivity contribution is 5.86. The van der Waals surface area contributed by atoms with Crippen LogP contribution in [0.2, 0.25) is 0 Å². The van der Waals surface area contributed by atoms with Gasteiger partial charge < -0.3 is 14.6 Å². The maximum Gasteiger partial charge on any atom is 0.224 e. The lowest BCUT2D eigenvalue weighted by Gasteiger charge is -2.04. The van der Waals surface area contributed by atoms with E-state index in [9.17, 15) is 4.79 Å². The fourth-order valence-electron chi connectivity index (χ4n) is 3.05. The van der Waals surface area contributed by atoms with Crippen LogP contribution in [0.3, 0.4) is 0 Å². The van der Waals surface area contributed by atoms with Gasteiger partial charge in [0.25, 0.3) is 0 Å². The van der Waals surface area contributed by atoms with Crippen molar-refractivity contribution in [3.8, 4) is 17.1 Å². The second-order valence-electron chi connectivity index (χ2n) is 6.55. The monoisotopic (exact) mass is 372 g/mol. The predicted molar refractivity (Wildman–Crippen MR) is 108 cm³/mol. The Balaban J connectivity index is 1.37. The molecule has 5 nitrogen and oxygen atoms in total. The van der Waals surface area contributed by atoms with Crippen LogP contribution in [0, 0.1) is 0 Å². The summed E-state index contributed by atoms with van der Waals surface area (Å²) >= 11 is 0. The first-order chi connectivity index (χ1) is 13.7. The minimum Gasteiger partial charge on any atom is -0.497 e. The molecule has 3 aromatic carbocycles. The van der Waals surface area contributed by atoms with E-state index in [1.807, 2.05) is 48.5 Å². The molecule has 4 rings (SSSR count). The van der Waals surface area contributed by atoms with Gasteiger partial charge in [-0.3, -0.25) is 4.79 Å². The maximum atomic E-state index is 12.2. The highest BCUT2D eigenvalue weighted by atomic mass is 16.5. The number of nitrogens with zero attached hydrogens (tertiary/aromatic N) is 1. The molecule has 0 atom stereocenters. The quantitative estimate of drug-likeness (QED) is 0.546. The van der Waals surface area contributed by atoms with Crippen molar-refractivity contribution in [1.29, 1.82) is 0 Å². The fraction of sp³-hybridized carbons (Fsp3) is 0.130. The SMILES string of the molecule is COc1ccc(CC(=O)NCc2cc(-c3ccc4ccccc4c3)on2)cc1. The Morgan fingerprint density at radius 3 is 2.57 bits per heavy atom. The second-order valence-corrected chi connectivity index (χ2v) is 6.55. The van der Waals surface area contributed by atoms with Crippen molar-refractivity contribution in [2.75, 3.05) is 7.11 Å². The number of amides is 1. The van der Waals surface area contributed by atoms with Gasteiger partial charge in [0.1, 0.15) is 11.4 Å². The van der Waals surface area contributed by atoms with Crippen molar-refractivity contribution in [3.63, 3.8) is 0 Å². The number of rotatable bonds is 6. The first-order valence-electron chi connectivity index (χ1n) is 9.06. The molecular weight excluding hydrogens is 352 g/mol. The smallest absolute Gasteiger partial charge is 0.224 e. The Labute approximate surface area is 162 Å². The zero-order valence-electron chi connectivity index (χ0n) is 15.5. The molecule has 5 heteroatoms. The van der Waals surface area contributed by atoms with Crippen molar-refractivity contribution < 1.29 is 14.1 Å². The van der Waals surface area contributed by atoms with Gasteiger partial charge in [-0.25, -0.2) is 0 Å². The molecule has 0 aliphatic carbocycles. The van der Waals surface area contributed by atoms with Gasteiger partial charge in [0.2, 0.25) is 5.91 Å². The highest BCUT2D eigenvalue weighted by Gasteiger charge is 2.09. The van der Waals surface area contributed by atoms with Crippen molar-refractivity contribution in [1.82, 2.24) is 10.5 Å². The molecule has 0 unspecified atom stereocenters. The third kappa shape index (κ3) is 4.04. The molecule has 1 aromatic heterocycles. The Morgan fingerprint density at radius 1 is 1.00 bits per heavy atom. The van der Waals surface area contributed by atoms with Gasteiger partial charge in [0.05, 0.1) is 20.1 Å². The molecule has 140 valence electrons. The summed E-state index contributed by atoms with van der Waals surface area (Å²) in [6.45, 7) is 0.325. The van der Waals surface area contributed by atoms with Crippen LogP contribution in [0.1, 0.15) is 11.3 Å². The summed E-state index contributed by atoms with van der Waals surface area (Å²) in [6.07, 6.45) is 0.305. The number of hydrogen-bond donors (Lipinski definition) is 1. The molecule has 0 radical (unpaired) electrons. The van der Waals surface area contributed by atoms with Crippen molar-refractivity contribution in [2.24, 2.45) is 0 Å². The lowest BCUT2D eigenvalue weighted by atomic mass is 10.1. The molecule has 0 aliphatic heterocycles. The van der Waals surface area contributed by atoms with Gasteiger partial charge in [-0.05, 0) is 34.5 Å². The van der Waals surface area contributed by atoms with E-state index in [-0.39, 0.29) is 5.91 Å². The second kappa shape index (κ2) is 7.96. The van der Waals surface area contributed by atoms with Crippen molar-refractivity contribution in [2.45, 2.75) is 13.0 Å². The van der Waals surface area contributed by atoms with Gasteiger partial charge in [-0.1, -0.05) is 53.7 Å². The van der Waals surface area contributed by atoms with Gasteiger partial charge in [-0.15, -0.1) is 0 Å². The molecular formula is C23H20N2O3. The summed E-state index contributed by atoms with van der Waals surface area (Å²) in [7, 11) is 1.62. The first kappa shape index (κ1) is 17.8. The third-order valence-electron chi connectivity index (χ3n) is 4.58. The Hall–Kier alpha value is -3.60. The molecule has 0 bridgehead atoms. The highest BCUT2D eigenvalue weighted by Crippen LogP contribution is 2.25. The number of methoxy groups -OCH3 is 1. The number of benzene rings is 3. The average Bonchev–Trinajstić information content (AvgIpc) is 3.21. The van der Waals surface area contributed by atoms with Gasteiger partial charge in [0.15, 0.2) is 5.76 Å². The van der Waals surface area contributed by atoms with E-state index >= 15 is 0 Å². The van der Waals surface area contributed by atoms with Gasteiger partial charge >= 0.3 is 0 Å². The van der Waals surface area contributed by atoms with Crippen LogP contribution in [0.4, 0.5) is 0 Å². The number of aromatic nitrogens is 1. The van der Waals surface area contributed by atoms with E-state index in [0.717, 1.165) is 22.3 Å². The van der Waals surface area contributed by atoms with Crippen molar-refractivity contribution in [3.05, 3.63) is 84.1 Å². The molecule has 1 amide bonds. The molecule has 0 spiro atoms. The molecule has 1 heterocycles. The first-order valence-corrected chi connectivity index (χ1v) is 9.06. The molecule has 1 N–H and O–H groups in total. The summed E-state index contributed by atoms with van der Waals surface area (Å²) in [5, 5.41) is 9.27. The van der Waals surface area contributed by atoms with Gasteiger partial charge in [-0.2, -0.15) is 0 Å². The molecule has 0 fully saturated rings. The summed E-state index contributed by atoms with van der Waals surface area (Å²) in [6, 6.07) is 23.6. The summed E-state index contributed by atoms with van der Waals surface area (Å²) in [5.41, 5.74) is 2.57. The lowest BCUT2D eigenvalue weighted by Crippen LogP contribution is -2.24. The number of nitrogens with one attached hydrogen (secondary N) is 1. The summed E-state index contributed by atoms with van der Waals surface area (Å²) in [4.78, 5) is 12.2. The van der Waals surface area contributed by atoms with Crippen LogP contribution in [0.15, 0.2) is 77.3 Å². The zero-order valence-corrected chi connectivity index (χ0v) is 15.5. The topological polar surface area (TPSA) is 64.4 Å². The van der Waals surface area contributed by atoms with Gasteiger partial charge in [0, 0.05) is 11.6 Å². The minimum atomic E-state index is -0.0691. The largest absolute Gasteiger partial charge is 0.497 e. The van der Waals surface area contributed by atoms with Crippen LogP contribution in [-0.4, -0.2) is 18.2 Å². The lowest BCUT2D eigenvalue weighted by molar-refractivity contribution is -0.120. The Morgan fingerprint density at radius 2 is 1.79 bits per heavy atom. The summed E-state index contributed by atoms with van der Waals surface area (Å²) in [5.74, 6) is 1.39. The van der Waals surface area contributed by atoms with Crippen LogP contribution in [0.5, 0.6) is 5.75 Å². The third-order valence-corrected chi connectivity index (χ3v) is 4.58. The van der Waals surface area contributed by atoms with Crippen LogP contribution in [-0.2, 0) is 17.8 Å². The zero-order chi connectivity index (χ0) is 19.3. The number of carbonyl (C=O) groups excluding carboxylic acids is 1. The summed E-state index contributed by atoms with van der Waals surface area (Å²) < 4.78 is 10.6. The molecule has 0 saturated carbocycles. The average molecular weight is 372 g/mol. The van der Waals surface area contributed by atoms with E-state index in [2.05, 4.69) is 34.7 Å².